The predicted octanol–water partition coefficient (Wildman–Crippen LogP) is 3.01. The number of rotatable bonds is 1. The van der Waals surface area contributed by atoms with Crippen LogP contribution >= 0.6 is 11.6 Å². The summed E-state index contributed by atoms with van der Waals surface area (Å²) in [5.74, 6) is 1.99. The number of aliphatic imine (C=N–C) groups is 1. The summed E-state index contributed by atoms with van der Waals surface area (Å²) in [4.78, 5) is 4.87. The molecule has 0 saturated carbocycles. The summed E-state index contributed by atoms with van der Waals surface area (Å²) >= 11 is 6.27. The first kappa shape index (κ1) is 14.2. The SMILES string of the molecule is Cc1nn(C)c2[n+]1-c1ccc(Cl)cc1C(c1ccccc1)=NC2. The molecule has 4 nitrogen and oxygen atoms in total. The molecule has 0 radical (unpaired) electrons. The van der Waals surface area contributed by atoms with Crippen molar-refractivity contribution in [1.29, 1.82) is 0 Å². The molecular weight excluding hydrogens is 308 g/mol. The van der Waals surface area contributed by atoms with Gasteiger partial charge >= 0.3 is 0 Å². The van der Waals surface area contributed by atoms with Gasteiger partial charge in [-0.25, -0.2) is 0 Å². The van der Waals surface area contributed by atoms with E-state index in [1.807, 2.05) is 55.1 Å². The minimum atomic E-state index is 0.577. The van der Waals surface area contributed by atoms with Gasteiger partial charge in [0.1, 0.15) is 12.2 Å². The number of fused-ring (bicyclic) bond motifs is 3. The molecule has 0 aliphatic carbocycles. The van der Waals surface area contributed by atoms with Crippen LogP contribution in [0.25, 0.3) is 5.69 Å². The first-order valence-corrected chi connectivity index (χ1v) is 7.87. The van der Waals surface area contributed by atoms with E-state index in [4.69, 9.17) is 16.6 Å². The van der Waals surface area contributed by atoms with Crippen molar-refractivity contribution >= 4 is 17.3 Å². The van der Waals surface area contributed by atoms with Crippen LogP contribution in [0.5, 0.6) is 0 Å². The van der Waals surface area contributed by atoms with Gasteiger partial charge in [0.05, 0.1) is 12.8 Å². The quantitative estimate of drug-likeness (QED) is 0.634. The van der Waals surface area contributed by atoms with E-state index in [0.29, 0.717) is 11.6 Å². The second-order valence-electron chi connectivity index (χ2n) is 5.61. The fourth-order valence-electron chi connectivity index (χ4n) is 3.11. The lowest BCUT2D eigenvalue weighted by Gasteiger charge is -2.09. The van der Waals surface area contributed by atoms with Crippen molar-refractivity contribution in [3.8, 4) is 5.69 Å². The topological polar surface area (TPSA) is 34.1 Å². The van der Waals surface area contributed by atoms with Gasteiger partial charge in [-0.05, 0) is 18.2 Å². The smallest absolute Gasteiger partial charge is 0.273 e. The Kier molecular flexibility index (Phi) is 3.27. The fourth-order valence-corrected chi connectivity index (χ4v) is 3.28. The molecule has 23 heavy (non-hydrogen) atoms. The third-order valence-electron chi connectivity index (χ3n) is 4.13. The van der Waals surface area contributed by atoms with E-state index in [1.54, 1.807) is 0 Å². The number of aryl methyl sites for hydroxylation is 2. The molecule has 1 aliphatic rings. The van der Waals surface area contributed by atoms with E-state index in [2.05, 4.69) is 21.8 Å². The Morgan fingerprint density at radius 2 is 1.91 bits per heavy atom. The Labute approximate surface area is 139 Å². The molecule has 3 aromatic rings. The Balaban J connectivity index is 2.03. The summed E-state index contributed by atoms with van der Waals surface area (Å²) in [5, 5.41) is 5.24. The average Bonchev–Trinajstić information content (AvgIpc) is 2.74. The maximum absolute atomic E-state index is 6.27. The Hall–Kier alpha value is -2.46. The molecule has 4 rings (SSSR count). The van der Waals surface area contributed by atoms with Crippen molar-refractivity contribution in [3.05, 3.63) is 76.3 Å². The van der Waals surface area contributed by atoms with Crippen molar-refractivity contribution in [2.45, 2.75) is 13.5 Å². The average molecular weight is 324 g/mol. The molecule has 2 heterocycles. The molecule has 0 atom stereocenters. The van der Waals surface area contributed by atoms with Crippen LogP contribution in [0, 0.1) is 6.92 Å². The van der Waals surface area contributed by atoms with Crippen molar-refractivity contribution in [2.75, 3.05) is 0 Å². The van der Waals surface area contributed by atoms with Gasteiger partial charge in [0, 0.05) is 28.2 Å². The molecule has 114 valence electrons. The van der Waals surface area contributed by atoms with Crippen molar-refractivity contribution in [3.63, 3.8) is 0 Å². The Morgan fingerprint density at radius 1 is 1.13 bits per heavy atom. The normalized spacial score (nSPS) is 13.1. The zero-order valence-electron chi connectivity index (χ0n) is 13.0. The van der Waals surface area contributed by atoms with Gasteiger partial charge in [-0.15, -0.1) is 4.68 Å². The lowest BCUT2D eigenvalue weighted by Crippen LogP contribution is -2.37. The predicted molar refractivity (Wildman–Crippen MR) is 90.3 cm³/mol. The van der Waals surface area contributed by atoms with Gasteiger partial charge in [-0.2, -0.15) is 4.57 Å². The summed E-state index contributed by atoms with van der Waals surface area (Å²) in [6, 6.07) is 16.2. The maximum atomic E-state index is 6.27. The molecule has 2 aromatic carbocycles. The van der Waals surface area contributed by atoms with E-state index in [1.165, 1.54) is 0 Å². The highest BCUT2D eigenvalue weighted by atomic mass is 35.5. The van der Waals surface area contributed by atoms with Crippen molar-refractivity contribution in [2.24, 2.45) is 12.0 Å². The minimum Gasteiger partial charge on any atom is -0.273 e. The van der Waals surface area contributed by atoms with E-state index >= 15 is 0 Å². The molecule has 0 fully saturated rings. The second-order valence-corrected chi connectivity index (χ2v) is 6.05. The maximum Gasteiger partial charge on any atom is 0.279 e. The van der Waals surface area contributed by atoms with Crippen LogP contribution in [0.2, 0.25) is 5.02 Å². The lowest BCUT2D eigenvalue weighted by atomic mass is 10.0. The molecule has 0 amide bonds. The molecule has 0 spiro atoms. The zero-order chi connectivity index (χ0) is 16.0. The van der Waals surface area contributed by atoms with Gasteiger partial charge in [0.15, 0.2) is 0 Å². The number of aromatic nitrogens is 3. The summed E-state index contributed by atoms with van der Waals surface area (Å²) in [6.07, 6.45) is 0. The van der Waals surface area contributed by atoms with Crippen LogP contribution in [0.1, 0.15) is 22.8 Å². The summed E-state index contributed by atoms with van der Waals surface area (Å²) in [7, 11) is 1.96. The van der Waals surface area contributed by atoms with Gasteiger partial charge < -0.3 is 0 Å². The molecule has 0 N–H and O–H groups in total. The van der Waals surface area contributed by atoms with Crippen molar-refractivity contribution in [1.82, 2.24) is 9.78 Å². The van der Waals surface area contributed by atoms with Crippen LogP contribution in [0.3, 0.4) is 0 Å². The second kappa shape index (κ2) is 5.32. The van der Waals surface area contributed by atoms with E-state index in [-0.39, 0.29) is 0 Å². The Morgan fingerprint density at radius 3 is 2.70 bits per heavy atom. The summed E-state index contributed by atoms with van der Waals surface area (Å²) < 4.78 is 4.05. The lowest BCUT2D eigenvalue weighted by molar-refractivity contribution is -0.611. The van der Waals surface area contributed by atoms with Gasteiger partial charge in [0.25, 0.3) is 11.6 Å². The van der Waals surface area contributed by atoms with Crippen LogP contribution < -0.4 is 4.57 Å². The third kappa shape index (κ3) is 2.26. The van der Waals surface area contributed by atoms with Crippen LogP contribution in [-0.4, -0.2) is 15.5 Å². The van der Waals surface area contributed by atoms with E-state index < -0.39 is 0 Å². The third-order valence-corrected chi connectivity index (χ3v) is 4.37. The molecule has 1 aromatic heterocycles. The molecule has 0 saturated heterocycles. The first-order valence-electron chi connectivity index (χ1n) is 7.50. The number of halogens is 1. The molecular formula is C18H16ClN4+. The summed E-state index contributed by atoms with van der Waals surface area (Å²) in [5.41, 5.74) is 4.15. The minimum absolute atomic E-state index is 0.577. The van der Waals surface area contributed by atoms with Crippen LogP contribution in [0.15, 0.2) is 53.5 Å². The highest BCUT2D eigenvalue weighted by Crippen LogP contribution is 2.24. The number of nitrogens with zero attached hydrogens (tertiary/aromatic N) is 4. The first-order chi connectivity index (χ1) is 11.1. The molecule has 0 bridgehead atoms. The largest absolute Gasteiger partial charge is 0.279 e. The molecule has 5 heteroatoms. The van der Waals surface area contributed by atoms with E-state index in [9.17, 15) is 0 Å². The number of hydrogen-bond acceptors (Lipinski definition) is 2. The highest BCUT2D eigenvalue weighted by Gasteiger charge is 2.28. The summed E-state index contributed by atoms with van der Waals surface area (Å²) in [6.45, 7) is 2.59. The van der Waals surface area contributed by atoms with Gasteiger partial charge in [-0.1, -0.05) is 41.9 Å². The number of hydrogen-bond donors (Lipinski definition) is 0. The fraction of sp³-hybridized carbons (Fsp3) is 0.167. The van der Waals surface area contributed by atoms with Crippen LogP contribution in [-0.2, 0) is 13.6 Å². The van der Waals surface area contributed by atoms with Gasteiger partial charge in [0.2, 0.25) is 0 Å². The van der Waals surface area contributed by atoms with Crippen LogP contribution in [0.4, 0.5) is 0 Å². The molecule has 1 aliphatic heterocycles. The monoisotopic (exact) mass is 323 g/mol. The van der Waals surface area contributed by atoms with Crippen molar-refractivity contribution < 1.29 is 4.57 Å². The number of benzene rings is 2. The standard InChI is InChI=1S/C18H16ClN4/c1-12-21-22(2)17-11-20-18(13-6-4-3-5-7-13)15-10-14(19)8-9-16(15)23(12)17/h3-10H,11H2,1-2H3/q+1. The molecule has 0 unspecified atom stereocenters. The Bertz CT molecular complexity index is 926. The van der Waals surface area contributed by atoms with E-state index in [0.717, 1.165) is 34.2 Å². The highest BCUT2D eigenvalue weighted by molar-refractivity contribution is 6.31. The zero-order valence-corrected chi connectivity index (χ0v) is 13.7. The van der Waals surface area contributed by atoms with Gasteiger partial charge in [-0.3, -0.25) is 4.99 Å².